The molecule has 0 aliphatic carbocycles. The number of nitrogens with zero attached hydrogens (tertiary/aromatic N) is 2. The van der Waals surface area contributed by atoms with Crippen molar-refractivity contribution in [2.75, 3.05) is 6.54 Å². The summed E-state index contributed by atoms with van der Waals surface area (Å²) in [5.41, 5.74) is 0. The number of hydrogen-bond acceptors (Lipinski definition) is 3. The van der Waals surface area contributed by atoms with Gasteiger partial charge in [0.05, 0.1) is 11.8 Å². The van der Waals surface area contributed by atoms with Crippen molar-refractivity contribution >= 4 is 6.29 Å². The van der Waals surface area contributed by atoms with Crippen LogP contribution in [0.3, 0.4) is 0 Å². The highest BCUT2D eigenvalue weighted by atomic mass is 16.3. The van der Waals surface area contributed by atoms with E-state index in [0.29, 0.717) is 6.29 Å². The Morgan fingerprint density at radius 2 is 2.38 bits per heavy atom. The molecule has 0 spiro atoms. The van der Waals surface area contributed by atoms with Crippen LogP contribution in [-0.2, 0) is 4.79 Å². The maximum absolute atomic E-state index is 9.64. The van der Waals surface area contributed by atoms with Crippen LogP contribution in [0.1, 0.15) is 0 Å². The van der Waals surface area contributed by atoms with Gasteiger partial charge in [0.1, 0.15) is 6.29 Å². The van der Waals surface area contributed by atoms with Crippen LogP contribution in [0.5, 0.6) is 0 Å². The van der Waals surface area contributed by atoms with Gasteiger partial charge in [0, 0.05) is 6.20 Å². The maximum Gasteiger partial charge on any atom is 0.141 e. The van der Waals surface area contributed by atoms with Crippen LogP contribution in [0.4, 0.5) is 0 Å². The SMILES string of the molecule is C=CN(CC=O)N=O. The summed E-state index contributed by atoms with van der Waals surface area (Å²) in [6.45, 7) is 3.20. The molecule has 0 atom stereocenters. The van der Waals surface area contributed by atoms with E-state index in [-0.39, 0.29) is 6.54 Å². The lowest BCUT2D eigenvalue weighted by atomic mass is 10.7. The van der Waals surface area contributed by atoms with Gasteiger partial charge in [0.25, 0.3) is 0 Å². The summed E-state index contributed by atoms with van der Waals surface area (Å²) in [5.74, 6) is 0. The summed E-state index contributed by atoms with van der Waals surface area (Å²) in [6.07, 6.45) is 1.75. The molecule has 0 N–H and O–H groups in total. The molecular formula is C4H6N2O2. The van der Waals surface area contributed by atoms with Crippen LogP contribution in [0, 0.1) is 4.91 Å². The first kappa shape index (κ1) is 6.81. The molecule has 0 fully saturated rings. The molecule has 0 unspecified atom stereocenters. The first-order valence-corrected chi connectivity index (χ1v) is 2.01. The highest BCUT2D eigenvalue weighted by molar-refractivity contribution is 5.52. The summed E-state index contributed by atoms with van der Waals surface area (Å²) >= 11 is 0. The second kappa shape index (κ2) is 3.98. The van der Waals surface area contributed by atoms with Crippen molar-refractivity contribution in [1.29, 1.82) is 0 Å². The van der Waals surface area contributed by atoms with Crippen LogP contribution in [0.25, 0.3) is 0 Å². The molecule has 0 rings (SSSR count). The van der Waals surface area contributed by atoms with Crippen LogP contribution in [-0.4, -0.2) is 17.8 Å². The van der Waals surface area contributed by atoms with E-state index in [1.807, 2.05) is 0 Å². The molecule has 0 aromatic carbocycles. The molecule has 4 heteroatoms. The number of hydrogen-bond donors (Lipinski definition) is 0. The molecular weight excluding hydrogens is 108 g/mol. The Hall–Kier alpha value is -1.19. The Bertz CT molecular complexity index is 94.2. The molecule has 0 saturated carbocycles. The lowest BCUT2D eigenvalue weighted by molar-refractivity contribution is -0.108. The van der Waals surface area contributed by atoms with E-state index in [9.17, 15) is 9.70 Å². The quantitative estimate of drug-likeness (QED) is 0.300. The minimum atomic E-state index is -0.0208. The van der Waals surface area contributed by atoms with Crippen molar-refractivity contribution in [3.8, 4) is 0 Å². The average molecular weight is 114 g/mol. The Morgan fingerprint density at radius 3 is 2.50 bits per heavy atom. The molecule has 44 valence electrons. The zero-order chi connectivity index (χ0) is 6.41. The van der Waals surface area contributed by atoms with E-state index in [1.54, 1.807) is 0 Å². The van der Waals surface area contributed by atoms with Gasteiger partial charge >= 0.3 is 0 Å². The third-order valence-corrected chi connectivity index (χ3v) is 0.577. The minimum absolute atomic E-state index is 0.0208. The van der Waals surface area contributed by atoms with Gasteiger partial charge in [-0.15, -0.1) is 4.91 Å². The van der Waals surface area contributed by atoms with Crippen LogP contribution in [0.2, 0.25) is 0 Å². The van der Waals surface area contributed by atoms with Crippen LogP contribution < -0.4 is 0 Å². The van der Waals surface area contributed by atoms with Crippen LogP contribution >= 0.6 is 0 Å². The Balaban J connectivity index is 3.50. The Kier molecular flexibility index (Phi) is 3.39. The van der Waals surface area contributed by atoms with E-state index < -0.39 is 0 Å². The van der Waals surface area contributed by atoms with Gasteiger partial charge in [-0.25, -0.2) is 5.01 Å². The molecule has 0 aromatic rings. The number of carbonyl (C=O) groups is 1. The molecule has 0 amide bonds. The van der Waals surface area contributed by atoms with Gasteiger partial charge in [0.2, 0.25) is 0 Å². The standard InChI is InChI=1S/C4H6N2O2/c1-2-6(5-8)3-4-7/h2,4H,1,3H2. The maximum atomic E-state index is 9.64. The molecule has 0 bridgehead atoms. The van der Waals surface area contributed by atoms with Crippen molar-refractivity contribution in [1.82, 2.24) is 5.01 Å². The number of aldehydes is 1. The summed E-state index contributed by atoms with van der Waals surface area (Å²) in [4.78, 5) is 19.2. The van der Waals surface area contributed by atoms with Crippen LogP contribution in [0.15, 0.2) is 18.1 Å². The van der Waals surface area contributed by atoms with Crippen molar-refractivity contribution in [2.45, 2.75) is 0 Å². The third-order valence-electron chi connectivity index (χ3n) is 0.577. The zero-order valence-electron chi connectivity index (χ0n) is 4.28. The highest BCUT2D eigenvalue weighted by Crippen LogP contribution is 1.83. The Labute approximate surface area is 46.7 Å². The molecule has 0 heterocycles. The largest absolute Gasteiger partial charge is 0.301 e. The fourth-order valence-electron chi connectivity index (χ4n) is 0.218. The van der Waals surface area contributed by atoms with Crippen molar-refractivity contribution in [2.24, 2.45) is 5.29 Å². The average Bonchev–Trinajstić information content (AvgIpc) is 1.83. The summed E-state index contributed by atoms with van der Waals surface area (Å²) in [7, 11) is 0. The lowest BCUT2D eigenvalue weighted by Gasteiger charge is -2.00. The number of rotatable bonds is 4. The number of carbonyl (C=O) groups excluding carboxylic acids is 1. The predicted molar refractivity (Wildman–Crippen MR) is 28.8 cm³/mol. The zero-order valence-corrected chi connectivity index (χ0v) is 4.28. The molecule has 0 aliphatic rings. The fourth-order valence-corrected chi connectivity index (χ4v) is 0.218. The summed E-state index contributed by atoms with van der Waals surface area (Å²) < 4.78 is 0. The molecule has 8 heavy (non-hydrogen) atoms. The molecule has 0 aromatic heterocycles. The fraction of sp³-hybridized carbons (Fsp3) is 0.250. The second-order valence-corrected chi connectivity index (χ2v) is 1.05. The summed E-state index contributed by atoms with van der Waals surface area (Å²) in [6, 6.07) is 0. The van der Waals surface area contributed by atoms with Gasteiger partial charge < -0.3 is 4.79 Å². The normalized spacial score (nSPS) is 7.50. The van der Waals surface area contributed by atoms with Crippen molar-refractivity contribution in [3.63, 3.8) is 0 Å². The van der Waals surface area contributed by atoms with Gasteiger partial charge in [-0.05, 0) is 0 Å². The molecule has 4 nitrogen and oxygen atoms in total. The van der Waals surface area contributed by atoms with E-state index in [0.717, 1.165) is 5.01 Å². The van der Waals surface area contributed by atoms with Crippen molar-refractivity contribution < 1.29 is 4.79 Å². The molecule has 0 radical (unpaired) electrons. The third kappa shape index (κ3) is 2.07. The second-order valence-electron chi connectivity index (χ2n) is 1.05. The minimum Gasteiger partial charge on any atom is -0.301 e. The van der Waals surface area contributed by atoms with E-state index >= 15 is 0 Å². The van der Waals surface area contributed by atoms with Gasteiger partial charge in [-0.1, -0.05) is 6.58 Å². The lowest BCUT2D eigenvalue weighted by Crippen LogP contribution is -2.10. The first-order chi connectivity index (χ1) is 3.85. The van der Waals surface area contributed by atoms with Crippen molar-refractivity contribution in [3.05, 3.63) is 17.7 Å². The predicted octanol–water partition coefficient (Wildman–Crippen LogP) is 0.312. The molecule has 0 saturated heterocycles. The smallest absolute Gasteiger partial charge is 0.141 e. The summed E-state index contributed by atoms with van der Waals surface area (Å²) in [5, 5.41) is 3.33. The van der Waals surface area contributed by atoms with E-state index in [2.05, 4.69) is 11.9 Å². The van der Waals surface area contributed by atoms with Gasteiger partial charge in [-0.2, -0.15) is 0 Å². The van der Waals surface area contributed by atoms with Gasteiger partial charge in [0.15, 0.2) is 0 Å². The van der Waals surface area contributed by atoms with E-state index in [4.69, 9.17) is 0 Å². The number of nitroso groups, excluding NO2 is 1. The van der Waals surface area contributed by atoms with Gasteiger partial charge in [-0.3, -0.25) is 0 Å². The monoisotopic (exact) mass is 114 g/mol. The Morgan fingerprint density at radius 1 is 1.75 bits per heavy atom. The molecule has 0 aliphatic heterocycles. The van der Waals surface area contributed by atoms with E-state index in [1.165, 1.54) is 6.20 Å². The first-order valence-electron chi connectivity index (χ1n) is 2.01. The topological polar surface area (TPSA) is 49.7 Å². The highest BCUT2D eigenvalue weighted by Gasteiger charge is 1.90.